The number of hydrogen-bond acceptors (Lipinski definition) is 2. The Hall–Kier alpha value is -2.13. The molecule has 0 saturated heterocycles. The van der Waals surface area contributed by atoms with Crippen molar-refractivity contribution in [2.75, 3.05) is 13.1 Å². The molecule has 0 heterocycles. The standard InChI is InChI=1S/C18H21NO2/c1-2-19(12-11-15-7-4-3-5-8-15)14-16-9-6-10-17(13-16)18(20)21/h3-10,13H,2,11-12,14H2,1H3,(H,20,21). The van der Waals surface area contributed by atoms with Crippen LogP contribution in [0.4, 0.5) is 0 Å². The van der Waals surface area contributed by atoms with Crippen LogP contribution in [0.5, 0.6) is 0 Å². The lowest BCUT2D eigenvalue weighted by atomic mass is 10.1. The second-order valence-electron chi connectivity index (χ2n) is 5.11. The van der Waals surface area contributed by atoms with Crippen molar-refractivity contribution in [3.63, 3.8) is 0 Å². The van der Waals surface area contributed by atoms with Crippen LogP contribution in [-0.2, 0) is 13.0 Å². The van der Waals surface area contributed by atoms with E-state index in [4.69, 9.17) is 5.11 Å². The van der Waals surface area contributed by atoms with Gasteiger partial charge in [-0.15, -0.1) is 0 Å². The van der Waals surface area contributed by atoms with Gasteiger partial charge in [-0.05, 0) is 36.2 Å². The molecule has 0 aliphatic rings. The fourth-order valence-corrected chi connectivity index (χ4v) is 2.34. The Morgan fingerprint density at radius 2 is 1.76 bits per heavy atom. The molecule has 0 amide bonds. The highest BCUT2D eigenvalue weighted by Crippen LogP contribution is 2.10. The van der Waals surface area contributed by atoms with E-state index in [1.807, 2.05) is 18.2 Å². The lowest BCUT2D eigenvalue weighted by Crippen LogP contribution is -2.25. The number of aromatic carboxylic acids is 1. The second kappa shape index (κ2) is 7.60. The molecule has 0 aliphatic heterocycles. The predicted molar refractivity (Wildman–Crippen MR) is 84.5 cm³/mol. The lowest BCUT2D eigenvalue weighted by Gasteiger charge is -2.20. The predicted octanol–water partition coefficient (Wildman–Crippen LogP) is 3.45. The summed E-state index contributed by atoms with van der Waals surface area (Å²) in [6.07, 6.45) is 1.01. The molecule has 110 valence electrons. The van der Waals surface area contributed by atoms with Gasteiger partial charge in [-0.2, -0.15) is 0 Å². The first-order valence-electron chi connectivity index (χ1n) is 7.27. The van der Waals surface area contributed by atoms with Crippen LogP contribution in [-0.4, -0.2) is 29.1 Å². The molecular formula is C18H21NO2. The molecule has 0 fully saturated rings. The Balaban J connectivity index is 1.95. The van der Waals surface area contributed by atoms with E-state index < -0.39 is 5.97 Å². The fourth-order valence-electron chi connectivity index (χ4n) is 2.34. The lowest BCUT2D eigenvalue weighted by molar-refractivity contribution is 0.0696. The van der Waals surface area contributed by atoms with Gasteiger partial charge in [0.05, 0.1) is 5.56 Å². The van der Waals surface area contributed by atoms with Gasteiger partial charge in [0.15, 0.2) is 0 Å². The zero-order valence-electron chi connectivity index (χ0n) is 12.3. The second-order valence-corrected chi connectivity index (χ2v) is 5.11. The first-order valence-corrected chi connectivity index (χ1v) is 7.27. The first-order chi connectivity index (χ1) is 10.2. The van der Waals surface area contributed by atoms with Gasteiger partial charge in [-0.1, -0.05) is 49.4 Å². The molecule has 3 heteroatoms. The van der Waals surface area contributed by atoms with Crippen molar-refractivity contribution in [3.8, 4) is 0 Å². The van der Waals surface area contributed by atoms with Crippen LogP contribution in [0.2, 0.25) is 0 Å². The quantitative estimate of drug-likeness (QED) is 0.846. The van der Waals surface area contributed by atoms with Crippen molar-refractivity contribution in [1.82, 2.24) is 4.90 Å². The summed E-state index contributed by atoms with van der Waals surface area (Å²) >= 11 is 0. The summed E-state index contributed by atoms with van der Waals surface area (Å²) in [5, 5.41) is 9.04. The highest BCUT2D eigenvalue weighted by atomic mass is 16.4. The topological polar surface area (TPSA) is 40.5 Å². The maximum atomic E-state index is 11.0. The van der Waals surface area contributed by atoms with Gasteiger partial charge in [0, 0.05) is 13.1 Å². The minimum absolute atomic E-state index is 0.353. The van der Waals surface area contributed by atoms with Crippen molar-refractivity contribution >= 4 is 5.97 Å². The third kappa shape index (κ3) is 4.72. The van der Waals surface area contributed by atoms with E-state index in [0.717, 1.165) is 31.6 Å². The van der Waals surface area contributed by atoms with Crippen LogP contribution < -0.4 is 0 Å². The van der Waals surface area contributed by atoms with E-state index in [0.29, 0.717) is 5.56 Å². The number of carbonyl (C=O) groups is 1. The highest BCUT2D eigenvalue weighted by Gasteiger charge is 2.07. The maximum absolute atomic E-state index is 11.0. The Morgan fingerprint density at radius 3 is 2.43 bits per heavy atom. The first kappa shape index (κ1) is 15.3. The maximum Gasteiger partial charge on any atom is 0.335 e. The zero-order valence-corrected chi connectivity index (χ0v) is 12.3. The van der Waals surface area contributed by atoms with Crippen molar-refractivity contribution in [1.29, 1.82) is 0 Å². The number of hydrogen-bond donors (Lipinski definition) is 1. The van der Waals surface area contributed by atoms with Crippen LogP contribution in [0.3, 0.4) is 0 Å². The van der Waals surface area contributed by atoms with E-state index in [9.17, 15) is 4.79 Å². The summed E-state index contributed by atoms with van der Waals surface area (Å²) in [6, 6.07) is 17.6. The molecule has 0 radical (unpaired) electrons. The Morgan fingerprint density at radius 1 is 1.05 bits per heavy atom. The van der Waals surface area contributed by atoms with Crippen molar-refractivity contribution in [2.45, 2.75) is 19.9 Å². The van der Waals surface area contributed by atoms with Crippen LogP contribution in [0.25, 0.3) is 0 Å². The van der Waals surface area contributed by atoms with E-state index in [1.165, 1.54) is 5.56 Å². The van der Waals surface area contributed by atoms with Gasteiger partial charge in [-0.3, -0.25) is 4.90 Å². The number of carboxylic acid groups (broad SMARTS) is 1. The van der Waals surface area contributed by atoms with Crippen LogP contribution in [0.15, 0.2) is 54.6 Å². The molecule has 3 nitrogen and oxygen atoms in total. The normalized spacial score (nSPS) is 10.8. The van der Waals surface area contributed by atoms with Gasteiger partial charge in [0.25, 0.3) is 0 Å². The highest BCUT2D eigenvalue weighted by molar-refractivity contribution is 5.87. The van der Waals surface area contributed by atoms with Crippen molar-refractivity contribution < 1.29 is 9.90 Å². The van der Waals surface area contributed by atoms with Gasteiger partial charge < -0.3 is 5.11 Å². The Bertz CT molecular complexity index is 581. The smallest absolute Gasteiger partial charge is 0.335 e. The molecule has 0 aromatic heterocycles. The zero-order chi connectivity index (χ0) is 15.1. The molecule has 0 saturated carbocycles. The molecule has 0 aliphatic carbocycles. The summed E-state index contributed by atoms with van der Waals surface area (Å²) < 4.78 is 0. The van der Waals surface area contributed by atoms with E-state index in [1.54, 1.807) is 12.1 Å². The molecule has 0 bridgehead atoms. The third-order valence-corrected chi connectivity index (χ3v) is 3.59. The van der Waals surface area contributed by atoms with Crippen LogP contribution in [0.1, 0.15) is 28.4 Å². The molecular weight excluding hydrogens is 262 g/mol. The molecule has 0 unspecified atom stereocenters. The number of rotatable bonds is 7. The number of nitrogens with zero attached hydrogens (tertiary/aromatic N) is 1. The summed E-state index contributed by atoms with van der Waals surface area (Å²) in [5.74, 6) is -0.871. The van der Waals surface area contributed by atoms with Gasteiger partial charge in [-0.25, -0.2) is 4.79 Å². The monoisotopic (exact) mass is 283 g/mol. The molecule has 2 aromatic carbocycles. The summed E-state index contributed by atoms with van der Waals surface area (Å²) in [4.78, 5) is 13.3. The molecule has 2 aromatic rings. The van der Waals surface area contributed by atoms with Crippen LogP contribution in [0, 0.1) is 0 Å². The van der Waals surface area contributed by atoms with Gasteiger partial charge in [0.1, 0.15) is 0 Å². The minimum Gasteiger partial charge on any atom is -0.478 e. The van der Waals surface area contributed by atoms with Gasteiger partial charge in [0.2, 0.25) is 0 Å². The SMILES string of the molecule is CCN(CCc1ccccc1)Cc1cccc(C(=O)O)c1. The molecule has 1 N–H and O–H groups in total. The van der Waals surface area contributed by atoms with E-state index >= 15 is 0 Å². The molecule has 0 atom stereocenters. The van der Waals surface area contributed by atoms with Gasteiger partial charge >= 0.3 is 5.97 Å². The summed E-state index contributed by atoms with van der Waals surface area (Å²) in [6.45, 7) is 4.83. The third-order valence-electron chi connectivity index (χ3n) is 3.59. The Labute approximate surface area is 125 Å². The van der Waals surface area contributed by atoms with E-state index in [-0.39, 0.29) is 0 Å². The summed E-state index contributed by atoms with van der Waals surface area (Å²) in [7, 11) is 0. The number of benzene rings is 2. The van der Waals surface area contributed by atoms with E-state index in [2.05, 4.69) is 36.1 Å². The molecule has 21 heavy (non-hydrogen) atoms. The fraction of sp³-hybridized carbons (Fsp3) is 0.278. The Kier molecular flexibility index (Phi) is 5.52. The van der Waals surface area contributed by atoms with Crippen molar-refractivity contribution in [2.24, 2.45) is 0 Å². The largest absolute Gasteiger partial charge is 0.478 e. The number of carboxylic acids is 1. The van der Waals surface area contributed by atoms with Crippen molar-refractivity contribution in [3.05, 3.63) is 71.3 Å². The molecule has 0 spiro atoms. The average molecular weight is 283 g/mol. The molecule has 2 rings (SSSR count). The summed E-state index contributed by atoms with van der Waals surface area (Å²) in [5.41, 5.74) is 2.73. The average Bonchev–Trinajstić information content (AvgIpc) is 2.52. The van der Waals surface area contributed by atoms with Crippen LogP contribution >= 0.6 is 0 Å². The minimum atomic E-state index is -0.871. The number of likely N-dealkylation sites (N-methyl/N-ethyl adjacent to an activating group) is 1.